The molecule has 0 saturated carbocycles. The van der Waals surface area contributed by atoms with Crippen molar-refractivity contribution in [2.24, 2.45) is 0 Å². The number of carbonyl (C=O) groups excluding carboxylic acids is 1. The predicted molar refractivity (Wildman–Crippen MR) is 134 cm³/mol. The largest absolute Gasteiger partial charge is 0.425 e. The molecule has 33 heavy (non-hydrogen) atoms. The summed E-state index contributed by atoms with van der Waals surface area (Å²) in [6, 6.07) is 18.6. The predicted octanol–water partition coefficient (Wildman–Crippen LogP) is 8.11. The molecule has 3 rings (SSSR count). The molecule has 0 spiro atoms. The van der Waals surface area contributed by atoms with Gasteiger partial charge in [-0.15, -0.1) is 0 Å². The Morgan fingerprint density at radius 1 is 0.848 bits per heavy atom. The van der Waals surface area contributed by atoms with Gasteiger partial charge in [0.1, 0.15) is 11.6 Å². The molecular weight excluding hydrogens is 411 g/mol. The van der Waals surface area contributed by atoms with Gasteiger partial charge in [-0.25, -0.2) is 4.39 Å². The molecule has 0 aliphatic rings. The van der Waals surface area contributed by atoms with E-state index in [1.807, 2.05) is 36.4 Å². The number of halogens is 1. The molecule has 0 aliphatic heterocycles. The highest BCUT2D eigenvalue weighted by atomic mass is 19.1. The van der Waals surface area contributed by atoms with Gasteiger partial charge < -0.3 is 4.74 Å². The molecular formula is C30H35FO2. The number of benzene rings is 3. The zero-order chi connectivity index (χ0) is 24.6. The second kappa shape index (κ2) is 9.13. The summed E-state index contributed by atoms with van der Waals surface area (Å²) in [6.07, 6.45) is 0. The maximum atomic E-state index is 14.9. The van der Waals surface area contributed by atoms with E-state index in [0.29, 0.717) is 16.9 Å². The Bertz CT molecular complexity index is 1110. The minimum absolute atomic E-state index is 0.200. The van der Waals surface area contributed by atoms with Crippen molar-refractivity contribution in [2.75, 3.05) is 0 Å². The Morgan fingerprint density at radius 2 is 1.39 bits per heavy atom. The Kier molecular flexibility index (Phi) is 6.83. The normalized spacial score (nSPS) is 13.0. The lowest BCUT2D eigenvalue weighted by Crippen LogP contribution is -2.24. The highest BCUT2D eigenvalue weighted by Crippen LogP contribution is 2.41. The summed E-state index contributed by atoms with van der Waals surface area (Å²) >= 11 is 0. The fraction of sp³-hybridized carbons (Fsp3) is 0.367. The standard InChI is InChI=1S/C30H35FO2/c1-19-16-24(29(3,4)5)27(25(17-19)30(6,7)8)33-28(32)20(2)22-14-15-23(26(31)18-22)21-12-10-9-11-13-21/h9-18,20H,1-8H3. The van der Waals surface area contributed by atoms with E-state index in [4.69, 9.17) is 4.74 Å². The first-order chi connectivity index (χ1) is 15.3. The molecule has 0 bridgehead atoms. The number of hydrogen-bond acceptors (Lipinski definition) is 2. The van der Waals surface area contributed by atoms with Crippen LogP contribution in [0.25, 0.3) is 11.1 Å². The SMILES string of the molecule is Cc1cc(C(C)(C)C)c(OC(=O)C(C)c2ccc(-c3ccccc3)c(F)c2)c(C(C)(C)C)c1. The van der Waals surface area contributed by atoms with Crippen molar-refractivity contribution in [3.05, 3.63) is 88.7 Å². The van der Waals surface area contributed by atoms with Crippen LogP contribution in [0.4, 0.5) is 4.39 Å². The number of hydrogen-bond donors (Lipinski definition) is 0. The number of ether oxygens (including phenoxy) is 1. The van der Waals surface area contributed by atoms with Gasteiger partial charge in [0.15, 0.2) is 0 Å². The molecule has 1 unspecified atom stereocenters. The van der Waals surface area contributed by atoms with Crippen LogP contribution in [0.2, 0.25) is 0 Å². The maximum absolute atomic E-state index is 14.9. The van der Waals surface area contributed by atoms with Crippen LogP contribution in [0.15, 0.2) is 60.7 Å². The first-order valence-electron chi connectivity index (χ1n) is 11.5. The molecule has 3 aromatic rings. The van der Waals surface area contributed by atoms with E-state index in [9.17, 15) is 9.18 Å². The fourth-order valence-electron chi connectivity index (χ4n) is 3.97. The monoisotopic (exact) mass is 446 g/mol. The highest BCUT2D eigenvalue weighted by Gasteiger charge is 2.30. The number of aryl methyl sites for hydroxylation is 1. The number of rotatable bonds is 4. The molecule has 0 N–H and O–H groups in total. The van der Waals surface area contributed by atoms with Crippen LogP contribution in [-0.2, 0) is 15.6 Å². The van der Waals surface area contributed by atoms with Gasteiger partial charge in [-0.3, -0.25) is 4.79 Å². The summed E-state index contributed by atoms with van der Waals surface area (Å²) in [5, 5.41) is 0. The summed E-state index contributed by atoms with van der Waals surface area (Å²) in [7, 11) is 0. The average molecular weight is 447 g/mol. The third-order valence-corrected chi connectivity index (χ3v) is 5.98. The summed E-state index contributed by atoms with van der Waals surface area (Å²) < 4.78 is 21.0. The van der Waals surface area contributed by atoms with Crippen molar-refractivity contribution in [1.82, 2.24) is 0 Å². The second-order valence-corrected chi connectivity index (χ2v) is 10.9. The average Bonchev–Trinajstić information content (AvgIpc) is 2.73. The van der Waals surface area contributed by atoms with Gasteiger partial charge in [0.05, 0.1) is 5.92 Å². The molecule has 0 heterocycles. The molecule has 0 amide bonds. The van der Waals surface area contributed by atoms with Crippen LogP contribution in [0, 0.1) is 12.7 Å². The molecule has 0 fully saturated rings. The molecule has 3 aromatic carbocycles. The van der Waals surface area contributed by atoms with E-state index >= 15 is 0 Å². The Morgan fingerprint density at radius 3 is 1.88 bits per heavy atom. The molecule has 3 heteroatoms. The van der Waals surface area contributed by atoms with Gasteiger partial charge >= 0.3 is 5.97 Å². The lowest BCUT2D eigenvalue weighted by atomic mass is 9.78. The zero-order valence-corrected chi connectivity index (χ0v) is 21.0. The van der Waals surface area contributed by atoms with Crippen molar-refractivity contribution in [3.63, 3.8) is 0 Å². The van der Waals surface area contributed by atoms with E-state index < -0.39 is 5.92 Å². The zero-order valence-electron chi connectivity index (χ0n) is 21.0. The molecule has 0 saturated heterocycles. The Hall–Kier alpha value is -2.94. The van der Waals surface area contributed by atoms with Gasteiger partial charge in [0.2, 0.25) is 0 Å². The molecule has 1 atom stereocenters. The van der Waals surface area contributed by atoms with Crippen LogP contribution in [0.5, 0.6) is 5.75 Å². The van der Waals surface area contributed by atoms with E-state index in [-0.39, 0.29) is 22.6 Å². The molecule has 0 radical (unpaired) electrons. The third kappa shape index (κ3) is 5.52. The lowest BCUT2D eigenvalue weighted by molar-refractivity contribution is -0.135. The van der Waals surface area contributed by atoms with Gasteiger partial charge in [-0.1, -0.05) is 102 Å². The first-order valence-corrected chi connectivity index (χ1v) is 11.5. The lowest BCUT2D eigenvalue weighted by Gasteiger charge is -2.30. The van der Waals surface area contributed by atoms with Crippen LogP contribution in [0.3, 0.4) is 0 Å². The van der Waals surface area contributed by atoms with Crippen LogP contribution in [-0.4, -0.2) is 5.97 Å². The Labute approximate surface area is 197 Å². The van der Waals surface area contributed by atoms with Crippen molar-refractivity contribution in [2.45, 2.75) is 72.1 Å². The smallest absolute Gasteiger partial charge is 0.318 e. The molecule has 0 aliphatic carbocycles. The fourth-order valence-corrected chi connectivity index (χ4v) is 3.97. The number of carbonyl (C=O) groups is 1. The van der Waals surface area contributed by atoms with E-state index in [1.54, 1.807) is 13.0 Å². The van der Waals surface area contributed by atoms with E-state index in [1.165, 1.54) is 6.07 Å². The summed E-state index contributed by atoms with van der Waals surface area (Å²) in [6.45, 7) is 16.5. The van der Waals surface area contributed by atoms with Gasteiger partial charge in [0.25, 0.3) is 0 Å². The van der Waals surface area contributed by atoms with E-state index in [0.717, 1.165) is 22.3 Å². The Balaban J connectivity index is 1.97. The van der Waals surface area contributed by atoms with E-state index in [2.05, 4.69) is 60.6 Å². The van der Waals surface area contributed by atoms with Gasteiger partial charge in [-0.2, -0.15) is 0 Å². The van der Waals surface area contributed by atoms with Crippen LogP contribution >= 0.6 is 0 Å². The molecule has 2 nitrogen and oxygen atoms in total. The van der Waals surface area contributed by atoms with Crippen molar-refractivity contribution >= 4 is 5.97 Å². The maximum Gasteiger partial charge on any atom is 0.318 e. The minimum atomic E-state index is -0.605. The molecule has 0 aromatic heterocycles. The topological polar surface area (TPSA) is 26.3 Å². The van der Waals surface area contributed by atoms with Crippen molar-refractivity contribution in [3.8, 4) is 16.9 Å². The van der Waals surface area contributed by atoms with Crippen LogP contribution < -0.4 is 4.74 Å². The number of esters is 1. The third-order valence-electron chi connectivity index (χ3n) is 5.98. The van der Waals surface area contributed by atoms with Gasteiger partial charge in [-0.05, 0) is 41.9 Å². The molecule has 174 valence electrons. The van der Waals surface area contributed by atoms with Crippen molar-refractivity contribution in [1.29, 1.82) is 0 Å². The summed E-state index contributed by atoms with van der Waals surface area (Å²) in [5.41, 5.74) is 4.65. The quantitative estimate of drug-likeness (QED) is 0.299. The minimum Gasteiger partial charge on any atom is -0.425 e. The summed E-state index contributed by atoms with van der Waals surface area (Å²) in [4.78, 5) is 13.3. The summed E-state index contributed by atoms with van der Waals surface area (Å²) in [5.74, 6) is -0.716. The van der Waals surface area contributed by atoms with Crippen LogP contribution in [0.1, 0.15) is 76.6 Å². The van der Waals surface area contributed by atoms with Gasteiger partial charge in [0, 0.05) is 16.7 Å². The second-order valence-electron chi connectivity index (χ2n) is 10.9. The first kappa shape index (κ1) is 24.7. The highest BCUT2D eigenvalue weighted by molar-refractivity contribution is 5.81. The van der Waals surface area contributed by atoms with Crippen molar-refractivity contribution < 1.29 is 13.9 Å².